The highest BCUT2D eigenvalue weighted by Gasteiger charge is 2.18. The summed E-state index contributed by atoms with van der Waals surface area (Å²) in [5, 5.41) is 13.8. The molecule has 0 aliphatic rings. The van der Waals surface area contributed by atoms with Crippen molar-refractivity contribution >= 4 is 44.7 Å². The average Bonchev–Trinajstić information content (AvgIpc) is 2.91. The van der Waals surface area contributed by atoms with E-state index in [1.54, 1.807) is 30.3 Å². The lowest BCUT2D eigenvalue weighted by Crippen LogP contribution is -1.97. The number of fused-ring (bicyclic) bond motifs is 1. The van der Waals surface area contributed by atoms with E-state index in [0.29, 0.717) is 11.5 Å². The van der Waals surface area contributed by atoms with Crippen molar-refractivity contribution in [2.24, 2.45) is 0 Å². The summed E-state index contributed by atoms with van der Waals surface area (Å²) in [6.07, 6.45) is 0. The largest absolute Gasteiger partial charge is 0.508 e. The average molecular weight is 386 g/mol. The molecule has 0 fully saturated rings. The molecule has 2 N–H and O–H groups in total. The van der Waals surface area contributed by atoms with Crippen LogP contribution in [0.5, 0.6) is 5.75 Å². The summed E-state index contributed by atoms with van der Waals surface area (Å²) >= 11 is 7.60. The first kappa shape index (κ1) is 16.8. The van der Waals surface area contributed by atoms with Crippen LogP contribution in [-0.4, -0.2) is 15.1 Å². The van der Waals surface area contributed by atoms with Gasteiger partial charge in [-0.3, -0.25) is 0 Å². The fraction of sp³-hybridized carbons (Fsp3) is 0.0526. The maximum absolute atomic E-state index is 13.3. The molecule has 2 aromatic heterocycles. The minimum atomic E-state index is -0.289. The van der Waals surface area contributed by atoms with E-state index in [-0.39, 0.29) is 16.9 Å². The number of hydrogen-bond acceptors (Lipinski definition) is 5. The van der Waals surface area contributed by atoms with Gasteiger partial charge in [0.2, 0.25) is 5.28 Å². The second kappa shape index (κ2) is 6.55. The van der Waals surface area contributed by atoms with Crippen LogP contribution < -0.4 is 5.32 Å². The zero-order chi connectivity index (χ0) is 18.3. The van der Waals surface area contributed by atoms with Crippen LogP contribution in [-0.2, 0) is 0 Å². The molecule has 0 spiro atoms. The molecular weight excluding hydrogens is 373 g/mol. The van der Waals surface area contributed by atoms with Gasteiger partial charge in [0.15, 0.2) is 0 Å². The Kier molecular flexibility index (Phi) is 4.22. The molecule has 130 valence electrons. The Morgan fingerprint density at radius 2 is 1.88 bits per heavy atom. The van der Waals surface area contributed by atoms with Gasteiger partial charge in [-0.15, -0.1) is 11.3 Å². The third kappa shape index (κ3) is 3.09. The number of aromatic nitrogens is 2. The van der Waals surface area contributed by atoms with Crippen LogP contribution >= 0.6 is 22.9 Å². The number of aromatic hydroxyl groups is 1. The van der Waals surface area contributed by atoms with E-state index in [1.165, 1.54) is 23.5 Å². The van der Waals surface area contributed by atoms with Gasteiger partial charge in [0.05, 0.1) is 5.39 Å². The van der Waals surface area contributed by atoms with Crippen LogP contribution in [0.2, 0.25) is 5.28 Å². The number of phenols is 1. The molecule has 0 aliphatic heterocycles. The van der Waals surface area contributed by atoms with Gasteiger partial charge in [0.25, 0.3) is 0 Å². The van der Waals surface area contributed by atoms with E-state index in [2.05, 4.69) is 15.3 Å². The first-order valence-corrected chi connectivity index (χ1v) is 8.99. The number of nitrogens with one attached hydrogen (secondary N) is 1. The fourth-order valence-corrected chi connectivity index (χ4v) is 4.12. The van der Waals surface area contributed by atoms with E-state index < -0.39 is 0 Å². The van der Waals surface area contributed by atoms with Crippen molar-refractivity contribution in [1.29, 1.82) is 0 Å². The lowest BCUT2D eigenvalue weighted by atomic mass is 10.0. The summed E-state index contributed by atoms with van der Waals surface area (Å²) in [5.41, 5.74) is 2.49. The number of nitrogens with zero attached hydrogens (tertiary/aromatic N) is 2. The number of hydrogen-bond donors (Lipinski definition) is 2. The van der Waals surface area contributed by atoms with Crippen LogP contribution in [0, 0.1) is 12.7 Å². The van der Waals surface area contributed by atoms with Crippen molar-refractivity contribution < 1.29 is 9.50 Å². The van der Waals surface area contributed by atoms with Gasteiger partial charge in [-0.2, -0.15) is 4.98 Å². The molecule has 4 rings (SSSR count). The van der Waals surface area contributed by atoms with Crippen molar-refractivity contribution in [1.82, 2.24) is 9.97 Å². The Balaban J connectivity index is 1.93. The molecule has 0 saturated carbocycles. The Labute approximate surface area is 157 Å². The quantitative estimate of drug-likeness (QED) is 0.430. The number of anilines is 2. The monoisotopic (exact) mass is 385 g/mol. The third-order valence-corrected chi connectivity index (χ3v) is 5.11. The van der Waals surface area contributed by atoms with E-state index in [1.807, 2.05) is 13.0 Å². The molecule has 2 heterocycles. The van der Waals surface area contributed by atoms with Crippen LogP contribution in [0.4, 0.5) is 15.9 Å². The molecular formula is C19H13ClFN3OS. The standard InChI is InChI=1S/C19H13ClFN3OS/c1-10-15(11-5-7-12(21)8-6-11)16-17(23-19(20)24-18(16)26-10)22-13-3-2-4-14(25)9-13/h2-9,25H,1H3,(H,22,23,24). The number of rotatable bonds is 3. The van der Waals surface area contributed by atoms with Gasteiger partial charge in [0, 0.05) is 22.2 Å². The minimum absolute atomic E-state index is 0.132. The molecule has 0 aliphatic carbocycles. The SMILES string of the molecule is Cc1sc2nc(Cl)nc(Nc3cccc(O)c3)c2c1-c1ccc(F)cc1. The Hall–Kier alpha value is -2.70. The first-order valence-electron chi connectivity index (χ1n) is 7.80. The van der Waals surface area contributed by atoms with Crippen molar-refractivity contribution in [3.63, 3.8) is 0 Å². The zero-order valence-electron chi connectivity index (χ0n) is 13.6. The summed E-state index contributed by atoms with van der Waals surface area (Å²) in [6, 6.07) is 13.1. The molecule has 4 aromatic rings. The molecule has 2 aromatic carbocycles. The highest BCUT2D eigenvalue weighted by Crippen LogP contribution is 2.42. The van der Waals surface area contributed by atoms with Crippen molar-refractivity contribution in [2.75, 3.05) is 5.32 Å². The molecule has 0 atom stereocenters. The number of phenolic OH excluding ortho intramolecular Hbond substituents is 1. The molecule has 0 unspecified atom stereocenters. The second-order valence-corrected chi connectivity index (χ2v) is 7.28. The first-order chi connectivity index (χ1) is 12.5. The number of thiophene rings is 1. The van der Waals surface area contributed by atoms with Crippen LogP contribution in [0.25, 0.3) is 21.3 Å². The predicted molar refractivity (Wildman–Crippen MR) is 104 cm³/mol. The summed E-state index contributed by atoms with van der Waals surface area (Å²) in [4.78, 5) is 10.4. The fourth-order valence-electron chi connectivity index (χ4n) is 2.86. The molecule has 4 nitrogen and oxygen atoms in total. The smallest absolute Gasteiger partial charge is 0.225 e. The second-order valence-electron chi connectivity index (χ2n) is 5.74. The lowest BCUT2D eigenvalue weighted by molar-refractivity contribution is 0.475. The number of halogens is 2. The highest BCUT2D eigenvalue weighted by atomic mass is 35.5. The highest BCUT2D eigenvalue weighted by molar-refractivity contribution is 7.19. The molecule has 26 heavy (non-hydrogen) atoms. The van der Waals surface area contributed by atoms with E-state index in [9.17, 15) is 9.50 Å². The van der Waals surface area contributed by atoms with Gasteiger partial charge in [0.1, 0.15) is 22.2 Å². The van der Waals surface area contributed by atoms with Crippen molar-refractivity contribution in [2.45, 2.75) is 6.92 Å². The van der Waals surface area contributed by atoms with Gasteiger partial charge >= 0.3 is 0 Å². The van der Waals surface area contributed by atoms with E-state index >= 15 is 0 Å². The summed E-state index contributed by atoms with van der Waals surface area (Å²) in [6.45, 7) is 1.98. The normalized spacial score (nSPS) is 11.0. The summed E-state index contributed by atoms with van der Waals surface area (Å²) in [7, 11) is 0. The van der Waals surface area contributed by atoms with Crippen molar-refractivity contribution in [3.05, 3.63) is 64.5 Å². The summed E-state index contributed by atoms with van der Waals surface area (Å²) in [5.74, 6) is 0.393. The molecule has 0 bridgehead atoms. The molecule has 0 amide bonds. The van der Waals surface area contributed by atoms with Crippen molar-refractivity contribution in [3.8, 4) is 16.9 Å². The van der Waals surface area contributed by atoms with Gasteiger partial charge in [-0.1, -0.05) is 18.2 Å². The van der Waals surface area contributed by atoms with Gasteiger partial charge in [-0.25, -0.2) is 9.37 Å². The number of aryl methyl sites for hydroxylation is 1. The van der Waals surface area contributed by atoms with Crippen LogP contribution in [0.3, 0.4) is 0 Å². The Morgan fingerprint density at radius 3 is 2.62 bits per heavy atom. The van der Waals surface area contributed by atoms with Crippen LogP contribution in [0.15, 0.2) is 48.5 Å². The van der Waals surface area contributed by atoms with Gasteiger partial charge in [-0.05, 0) is 48.4 Å². The van der Waals surface area contributed by atoms with Gasteiger partial charge < -0.3 is 10.4 Å². The zero-order valence-corrected chi connectivity index (χ0v) is 15.2. The van der Waals surface area contributed by atoms with Crippen LogP contribution in [0.1, 0.15) is 4.88 Å². The molecule has 7 heteroatoms. The maximum Gasteiger partial charge on any atom is 0.225 e. The maximum atomic E-state index is 13.3. The van der Waals surface area contributed by atoms with E-state index in [0.717, 1.165) is 26.2 Å². The Bertz CT molecular complexity index is 1110. The Morgan fingerprint density at radius 1 is 1.12 bits per heavy atom. The lowest BCUT2D eigenvalue weighted by Gasteiger charge is -2.10. The van der Waals surface area contributed by atoms with E-state index in [4.69, 9.17) is 11.6 Å². The summed E-state index contributed by atoms with van der Waals surface area (Å²) < 4.78 is 13.3. The molecule has 0 radical (unpaired) electrons. The minimum Gasteiger partial charge on any atom is -0.508 e. The number of benzene rings is 2. The third-order valence-electron chi connectivity index (χ3n) is 3.94. The molecule has 0 saturated heterocycles. The topological polar surface area (TPSA) is 58.0 Å². The predicted octanol–water partition coefficient (Wildman–Crippen LogP) is 5.91.